The molecule has 0 unspecified atom stereocenters. The number of amides is 5. The topological polar surface area (TPSA) is 244 Å². The number of phenolic OH excluding ortho intramolecular Hbond substituents is 1. The molecule has 3 saturated heterocycles. The highest BCUT2D eigenvalue weighted by atomic mass is 16.6. The molecule has 362 valence electrons. The van der Waals surface area contributed by atoms with Crippen LogP contribution in [-0.2, 0) is 35.9 Å². The monoisotopic (exact) mass is 967 g/mol. The molecule has 4 N–H and O–H groups in total. The van der Waals surface area contributed by atoms with Gasteiger partial charge >= 0.3 is 18.1 Å². The van der Waals surface area contributed by atoms with Crippen LogP contribution in [0.5, 0.6) is 5.75 Å². The number of esters is 1. The molecular formula is C53H45N9O10. The standard InChI is InChI=1S/C53H45N9O10/c54-50(67)55-24-7-9-33-16-23-41-40(31-33)53(49(66)60(41)52(68)71-32-34-14-19-38(20-15-34)62(69)70)42(47(64)58-27-29-59(30-28-58)51-56-25-8-26-57-51)44-48(65)72-45(36-12-5-2-6-13-36)43(35-10-3-1-4-11-35)61(44)46(53)37-17-21-39(63)22-18-37/h1-6,8,10-23,25-26,31,42-46,63H,24,27-30,32H2,(H3,54,55,67)/t42-,43-,44-,45+,46+,53-/m1/s1. The molecule has 3 fully saturated rings. The van der Waals surface area contributed by atoms with E-state index in [0.29, 0.717) is 46.9 Å². The highest BCUT2D eigenvalue weighted by molar-refractivity contribution is 6.23. The Morgan fingerprint density at radius 2 is 1.50 bits per heavy atom. The Labute approximate surface area is 411 Å². The summed E-state index contributed by atoms with van der Waals surface area (Å²) in [6, 6.07) is 32.1. The van der Waals surface area contributed by atoms with Gasteiger partial charge in [0, 0.05) is 56.3 Å². The fraction of sp³-hybridized carbons (Fsp3) is 0.226. The normalized spacial score (nSPS) is 22.3. The number of urea groups is 1. The summed E-state index contributed by atoms with van der Waals surface area (Å²) in [6.07, 6.45) is 1.15. The number of hydrogen-bond donors (Lipinski definition) is 3. The molecule has 10 rings (SSSR count). The Balaban J connectivity index is 1.20. The van der Waals surface area contributed by atoms with Crippen molar-refractivity contribution in [1.82, 2.24) is 25.1 Å². The number of nitro benzene ring substituents is 1. The van der Waals surface area contributed by atoms with Gasteiger partial charge in [-0.05, 0) is 76.3 Å². The van der Waals surface area contributed by atoms with Gasteiger partial charge in [-0.25, -0.2) is 24.5 Å². The van der Waals surface area contributed by atoms with Gasteiger partial charge in [0.05, 0.1) is 35.2 Å². The van der Waals surface area contributed by atoms with E-state index in [4.69, 9.17) is 15.2 Å². The Morgan fingerprint density at radius 1 is 0.833 bits per heavy atom. The Hall–Kier alpha value is -9.15. The van der Waals surface area contributed by atoms with Crippen LogP contribution in [0.2, 0.25) is 0 Å². The Bertz CT molecular complexity index is 3130. The van der Waals surface area contributed by atoms with E-state index in [1.807, 2.05) is 70.5 Å². The summed E-state index contributed by atoms with van der Waals surface area (Å²) in [5.74, 6) is 2.43. The van der Waals surface area contributed by atoms with Crippen molar-refractivity contribution >= 4 is 47.2 Å². The molecule has 72 heavy (non-hydrogen) atoms. The Kier molecular flexibility index (Phi) is 12.5. The van der Waals surface area contributed by atoms with Gasteiger partial charge in [0.15, 0.2) is 0 Å². The summed E-state index contributed by atoms with van der Waals surface area (Å²) in [5, 5.41) is 24.6. The van der Waals surface area contributed by atoms with Crippen molar-refractivity contribution in [3.63, 3.8) is 0 Å². The lowest BCUT2D eigenvalue weighted by molar-refractivity contribution is -0.384. The molecule has 0 bridgehead atoms. The number of nitrogens with one attached hydrogen (secondary N) is 1. The zero-order valence-corrected chi connectivity index (χ0v) is 38.3. The number of non-ortho nitro benzene ring substituents is 1. The van der Waals surface area contributed by atoms with Gasteiger partial charge in [0.2, 0.25) is 17.8 Å². The molecular weight excluding hydrogens is 923 g/mol. The van der Waals surface area contributed by atoms with Gasteiger partial charge in [-0.1, -0.05) is 84.6 Å². The molecule has 19 heteroatoms. The molecule has 19 nitrogen and oxygen atoms in total. The second-order valence-corrected chi connectivity index (χ2v) is 17.6. The van der Waals surface area contributed by atoms with Crippen molar-refractivity contribution in [2.24, 2.45) is 11.7 Å². The number of fused-ring (bicyclic) bond motifs is 3. The van der Waals surface area contributed by atoms with Crippen molar-refractivity contribution in [1.29, 1.82) is 0 Å². The predicted molar refractivity (Wildman–Crippen MR) is 259 cm³/mol. The molecule has 0 radical (unpaired) electrons. The van der Waals surface area contributed by atoms with Crippen molar-refractivity contribution in [2.45, 2.75) is 36.3 Å². The van der Waals surface area contributed by atoms with E-state index >= 15 is 14.4 Å². The van der Waals surface area contributed by atoms with Crippen LogP contribution in [0, 0.1) is 27.9 Å². The molecule has 1 spiro atoms. The average molecular weight is 968 g/mol. The van der Waals surface area contributed by atoms with Crippen molar-refractivity contribution in [3.05, 3.63) is 189 Å². The lowest BCUT2D eigenvalue weighted by atomic mass is 9.65. The van der Waals surface area contributed by atoms with E-state index in [0.717, 1.165) is 4.90 Å². The highest BCUT2D eigenvalue weighted by Gasteiger charge is 2.76. The predicted octanol–water partition coefficient (Wildman–Crippen LogP) is 5.46. The number of primary amides is 1. The molecule has 6 aromatic rings. The van der Waals surface area contributed by atoms with Gasteiger partial charge in [-0.3, -0.25) is 29.4 Å². The fourth-order valence-electron chi connectivity index (χ4n) is 10.6. The molecule has 4 aliphatic rings. The number of ether oxygens (including phenoxy) is 2. The lowest BCUT2D eigenvalue weighted by Gasteiger charge is -2.46. The van der Waals surface area contributed by atoms with Crippen molar-refractivity contribution < 1.29 is 43.5 Å². The number of aromatic nitrogens is 2. The average Bonchev–Trinajstić information content (AvgIpc) is 3.86. The number of benzene rings is 5. The molecule has 5 aromatic carbocycles. The minimum absolute atomic E-state index is 0.0474. The number of morpholine rings is 1. The van der Waals surface area contributed by atoms with Crippen LogP contribution in [0.25, 0.3) is 0 Å². The molecule has 0 saturated carbocycles. The maximum Gasteiger partial charge on any atom is 0.421 e. The molecule has 5 heterocycles. The zero-order chi connectivity index (χ0) is 50.1. The second-order valence-electron chi connectivity index (χ2n) is 17.6. The maximum absolute atomic E-state index is 16.6. The minimum atomic E-state index is -2.15. The number of nitro groups is 1. The Morgan fingerprint density at radius 3 is 2.15 bits per heavy atom. The third-order valence-corrected chi connectivity index (χ3v) is 13.6. The van der Waals surface area contributed by atoms with E-state index in [9.17, 15) is 24.8 Å². The van der Waals surface area contributed by atoms with E-state index < -0.39 is 77.0 Å². The molecule has 6 atom stereocenters. The molecule has 4 aliphatic heterocycles. The summed E-state index contributed by atoms with van der Waals surface area (Å²) in [6.45, 7) is 0.381. The number of cyclic esters (lactones) is 1. The number of hydrogen-bond acceptors (Lipinski definition) is 14. The number of phenols is 1. The summed E-state index contributed by atoms with van der Waals surface area (Å²) >= 11 is 0. The van der Waals surface area contributed by atoms with Crippen LogP contribution in [0.15, 0.2) is 146 Å². The molecule has 1 aromatic heterocycles. The third kappa shape index (κ3) is 8.32. The van der Waals surface area contributed by atoms with E-state index in [1.165, 1.54) is 42.5 Å². The zero-order valence-electron chi connectivity index (χ0n) is 38.3. The lowest BCUT2D eigenvalue weighted by Crippen LogP contribution is -2.59. The van der Waals surface area contributed by atoms with Crippen LogP contribution < -0.4 is 20.9 Å². The largest absolute Gasteiger partial charge is 0.508 e. The number of carbonyl (C=O) groups excluding carboxylic acids is 5. The number of imide groups is 1. The van der Waals surface area contributed by atoms with Crippen LogP contribution in [0.1, 0.15) is 51.6 Å². The third-order valence-electron chi connectivity index (χ3n) is 13.6. The summed E-state index contributed by atoms with van der Waals surface area (Å²) in [5.41, 5.74) is 5.69. The smallest absolute Gasteiger partial charge is 0.421 e. The van der Waals surface area contributed by atoms with Crippen LogP contribution in [-0.4, -0.2) is 98.5 Å². The first-order chi connectivity index (χ1) is 34.9. The van der Waals surface area contributed by atoms with Crippen LogP contribution in [0.3, 0.4) is 0 Å². The first-order valence-corrected chi connectivity index (χ1v) is 23.0. The van der Waals surface area contributed by atoms with Gasteiger partial charge in [-0.2, -0.15) is 0 Å². The number of aromatic hydroxyl groups is 1. The summed E-state index contributed by atoms with van der Waals surface area (Å²) in [7, 11) is 0. The van der Waals surface area contributed by atoms with Gasteiger partial charge in [0.25, 0.3) is 5.69 Å². The van der Waals surface area contributed by atoms with E-state index in [1.54, 1.807) is 47.6 Å². The summed E-state index contributed by atoms with van der Waals surface area (Å²) in [4.78, 5) is 101. The van der Waals surface area contributed by atoms with Crippen molar-refractivity contribution in [2.75, 3.05) is 42.5 Å². The van der Waals surface area contributed by atoms with Gasteiger partial charge < -0.3 is 35.4 Å². The highest BCUT2D eigenvalue weighted by Crippen LogP contribution is 2.66. The van der Waals surface area contributed by atoms with Gasteiger partial charge in [-0.15, -0.1) is 0 Å². The van der Waals surface area contributed by atoms with Crippen molar-refractivity contribution in [3.8, 4) is 17.6 Å². The minimum Gasteiger partial charge on any atom is -0.508 e. The van der Waals surface area contributed by atoms with E-state index in [-0.39, 0.29) is 42.3 Å². The number of rotatable bonds is 9. The second kappa shape index (κ2) is 19.3. The fourth-order valence-corrected chi connectivity index (χ4v) is 10.6. The van der Waals surface area contributed by atoms with Gasteiger partial charge in [0.1, 0.15) is 29.9 Å². The maximum atomic E-state index is 16.6. The number of nitrogens with zero attached hydrogens (tertiary/aromatic N) is 7. The number of nitrogens with two attached hydrogens (primary N) is 1. The van der Waals surface area contributed by atoms with Crippen LogP contribution >= 0.6 is 0 Å². The number of anilines is 2. The first-order valence-electron chi connectivity index (χ1n) is 23.0. The molecule has 0 aliphatic carbocycles. The number of piperazine rings is 1. The SMILES string of the molecule is NC(=O)NCC#Cc1ccc2c(c1)[C@]1(C(=O)N2C(=O)OCc2ccc([N+](=O)[O-])cc2)[C@H](c2ccc(O)cc2)N2[C@H](c3ccccc3)[C@H](c3ccccc3)OC(=O)[C@H]2[C@@H]1C(=O)N1CCN(c2ncccn2)CC1. The van der Waals surface area contributed by atoms with Crippen LogP contribution in [0.4, 0.5) is 26.9 Å². The first kappa shape index (κ1) is 46.6. The number of carbonyl (C=O) groups is 5. The van der Waals surface area contributed by atoms with E-state index in [2.05, 4.69) is 27.1 Å². The molecule has 5 amide bonds. The summed E-state index contributed by atoms with van der Waals surface area (Å²) < 4.78 is 12.4. The quantitative estimate of drug-likeness (QED) is 0.0706.